The Morgan fingerprint density at radius 2 is 1.74 bits per heavy atom. The molecule has 0 saturated carbocycles. The Balaban J connectivity index is 1.34. The number of amides is 3. The zero-order valence-corrected chi connectivity index (χ0v) is 19.6. The van der Waals surface area contributed by atoms with Crippen LogP contribution in [-0.2, 0) is 4.79 Å². The number of aromatic nitrogens is 2. The Morgan fingerprint density at radius 1 is 1.03 bits per heavy atom. The summed E-state index contributed by atoms with van der Waals surface area (Å²) in [5.74, 6) is -0.819. The number of rotatable bonds is 4. The van der Waals surface area contributed by atoms with E-state index < -0.39 is 17.6 Å². The number of benzene rings is 1. The van der Waals surface area contributed by atoms with Crippen LogP contribution in [0.1, 0.15) is 53.3 Å². The van der Waals surface area contributed by atoms with Crippen LogP contribution in [0.5, 0.6) is 0 Å². The van der Waals surface area contributed by atoms with E-state index in [4.69, 9.17) is 5.73 Å². The second-order valence-electron chi connectivity index (χ2n) is 9.63. The van der Waals surface area contributed by atoms with Gasteiger partial charge in [-0.25, -0.2) is 9.37 Å². The van der Waals surface area contributed by atoms with E-state index in [1.54, 1.807) is 41.1 Å². The van der Waals surface area contributed by atoms with Gasteiger partial charge in [-0.3, -0.25) is 14.4 Å². The van der Waals surface area contributed by atoms with E-state index in [9.17, 15) is 18.8 Å². The first kappa shape index (κ1) is 23.0. The summed E-state index contributed by atoms with van der Waals surface area (Å²) in [6.07, 6.45) is 5.45. The molecule has 2 aliphatic heterocycles. The Bertz CT molecular complexity index is 1290. The van der Waals surface area contributed by atoms with Gasteiger partial charge in [-0.1, -0.05) is 0 Å². The van der Waals surface area contributed by atoms with Crippen molar-refractivity contribution in [3.63, 3.8) is 0 Å². The minimum absolute atomic E-state index is 0.137. The highest BCUT2D eigenvalue weighted by Gasteiger charge is 2.33. The van der Waals surface area contributed by atoms with Crippen molar-refractivity contribution in [3.05, 3.63) is 59.9 Å². The smallest absolute Gasteiger partial charge is 0.255 e. The predicted octanol–water partition coefficient (Wildman–Crippen LogP) is 3.08. The molecule has 0 radical (unpaired) electrons. The summed E-state index contributed by atoms with van der Waals surface area (Å²) >= 11 is 0. The molecule has 9 heteroatoms. The summed E-state index contributed by atoms with van der Waals surface area (Å²) in [7, 11) is 0. The molecule has 8 nitrogen and oxygen atoms in total. The van der Waals surface area contributed by atoms with Gasteiger partial charge in [0.05, 0.1) is 5.56 Å². The Hall–Kier alpha value is -3.75. The molecule has 2 N–H and O–H groups in total. The van der Waals surface area contributed by atoms with Crippen LogP contribution in [0.2, 0.25) is 0 Å². The van der Waals surface area contributed by atoms with Crippen molar-refractivity contribution in [3.8, 4) is 5.69 Å². The standard InChI is InChI=1S/C26H28FN5O3/c1-26(27)9-13-30(14-10-26)24(34)19-15-18-8-12-31(23(18)29-16-19)20-6-4-17(5-7-20)25(35)32-11-2-3-21(32)22(28)33/h4-8,12,15-16,21H,2-3,9-11,13-14H2,1H3,(H2,28,33)/t21-/m0/s1. The average molecular weight is 478 g/mol. The molecule has 3 aromatic rings. The van der Waals surface area contributed by atoms with E-state index >= 15 is 0 Å². The molecule has 35 heavy (non-hydrogen) atoms. The summed E-state index contributed by atoms with van der Waals surface area (Å²) < 4.78 is 16.0. The minimum atomic E-state index is -1.21. The van der Waals surface area contributed by atoms with E-state index in [2.05, 4.69) is 4.98 Å². The lowest BCUT2D eigenvalue weighted by Crippen LogP contribution is -2.43. The molecule has 2 saturated heterocycles. The molecule has 1 aromatic carbocycles. The number of nitrogens with two attached hydrogens (primary N) is 1. The van der Waals surface area contributed by atoms with Crippen LogP contribution in [0, 0.1) is 0 Å². The number of hydrogen-bond acceptors (Lipinski definition) is 4. The molecule has 2 aliphatic rings. The highest BCUT2D eigenvalue weighted by Crippen LogP contribution is 2.27. The number of nitrogens with zero attached hydrogens (tertiary/aromatic N) is 4. The Morgan fingerprint density at radius 3 is 2.43 bits per heavy atom. The zero-order valence-electron chi connectivity index (χ0n) is 19.6. The van der Waals surface area contributed by atoms with E-state index in [1.807, 2.05) is 29.0 Å². The molecule has 3 amide bonds. The van der Waals surface area contributed by atoms with Gasteiger partial charge in [-0.2, -0.15) is 0 Å². The quantitative estimate of drug-likeness (QED) is 0.624. The first-order valence-corrected chi connectivity index (χ1v) is 11.9. The van der Waals surface area contributed by atoms with Crippen LogP contribution in [0.4, 0.5) is 4.39 Å². The number of hydrogen-bond donors (Lipinski definition) is 1. The molecular formula is C26H28FN5O3. The summed E-state index contributed by atoms with van der Waals surface area (Å²) in [5, 5.41) is 0.810. The van der Waals surface area contributed by atoms with Crippen LogP contribution in [-0.4, -0.2) is 68.4 Å². The van der Waals surface area contributed by atoms with Crippen molar-refractivity contribution in [1.29, 1.82) is 0 Å². The number of piperidine rings is 1. The molecule has 1 atom stereocenters. The van der Waals surface area contributed by atoms with E-state index in [0.717, 1.165) is 17.5 Å². The summed E-state index contributed by atoms with van der Waals surface area (Å²) in [6.45, 7) is 2.89. The van der Waals surface area contributed by atoms with Crippen LogP contribution < -0.4 is 5.73 Å². The maximum Gasteiger partial charge on any atom is 0.255 e. The number of alkyl halides is 1. The molecule has 5 rings (SSSR count). The van der Waals surface area contributed by atoms with Crippen molar-refractivity contribution >= 4 is 28.8 Å². The normalized spacial score (nSPS) is 19.8. The monoisotopic (exact) mass is 477 g/mol. The Labute approximate surface area is 202 Å². The van der Waals surface area contributed by atoms with Gasteiger partial charge in [0.2, 0.25) is 5.91 Å². The number of fused-ring (bicyclic) bond motifs is 1. The van der Waals surface area contributed by atoms with Gasteiger partial charge in [0.15, 0.2) is 0 Å². The molecule has 2 aromatic heterocycles. The van der Waals surface area contributed by atoms with Crippen LogP contribution in [0.15, 0.2) is 48.8 Å². The maximum absolute atomic E-state index is 14.1. The molecule has 0 bridgehead atoms. The number of halogens is 1. The SMILES string of the molecule is CC1(F)CCN(C(=O)c2cnc3c(ccn3-c3ccc(C(=O)N4CCC[C@H]4C(N)=O)cc3)c2)CC1. The third-order valence-electron chi connectivity index (χ3n) is 7.10. The van der Waals surface area contributed by atoms with E-state index in [1.165, 1.54) is 0 Å². The van der Waals surface area contributed by atoms with Crippen LogP contribution in [0.3, 0.4) is 0 Å². The molecule has 0 spiro atoms. The van der Waals surface area contributed by atoms with Gasteiger partial charge >= 0.3 is 0 Å². The van der Waals surface area contributed by atoms with Gasteiger partial charge in [-0.15, -0.1) is 0 Å². The van der Waals surface area contributed by atoms with Crippen molar-refractivity contribution in [2.75, 3.05) is 19.6 Å². The lowest BCUT2D eigenvalue weighted by Gasteiger charge is -2.34. The second kappa shape index (κ2) is 8.79. The highest BCUT2D eigenvalue weighted by atomic mass is 19.1. The number of carbonyl (C=O) groups excluding carboxylic acids is 3. The number of likely N-dealkylation sites (tertiary alicyclic amines) is 2. The van der Waals surface area contributed by atoms with E-state index in [0.29, 0.717) is 55.7 Å². The average Bonchev–Trinajstić information content (AvgIpc) is 3.50. The van der Waals surface area contributed by atoms with Crippen molar-refractivity contribution in [1.82, 2.24) is 19.4 Å². The largest absolute Gasteiger partial charge is 0.368 e. The van der Waals surface area contributed by atoms with Gasteiger partial charge in [0, 0.05) is 48.7 Å². The highest BCUT2D eigenvalue weighted by molar-refractivity contribution is 5.98. The molecule has 182 valence electrons. The Kier molecular flexibility index (Phi) is 5.78. The lowest BCUT2D eigenvalue weighted by molar-refractivity contribution is -0.121. The fourth-order valence-electron chi connectivity index (χ4n) is 4.94. The van der Waals surface area contributed by atoms with Crippen LogP contribution >= 0.6 is 0 Å². The van der Waals surface area contributed by atoms with Crippen molar-refractivity contribution in [2.45, 2.75) is 44.3 Å². The molecule has 2 fully saturated rings. The van der Waals surface area contributed by atoms with Gasteiger partial charge in [-0.05, 0) is 69.0 Å². The number of primary amides is 1. The second-order valence-corrected chi connectivity index (χ2v) is 9.63. The molecular weight excluding hydrogens is 449 g/mol. The third-order valence-corrected chi connectivity index (χ3v) is 7.10. The fraction of sp³-hybridized carbons (Fsp3) is 0.385. The maximum atomic E-state index is 14.1. The van der Waals surface area contributed by atoms with Gasteiger partial charge in [0.25, 0.3) is 11.8 Å². The van der Waals surface area contributed by atoms with Crippen LogP contribution in [0.25, 0.3) is 16.7 Å². The summed E-state index contributed by atoms with van der Waals surface area (Å²) in [4.78, 5) is 45.2. The molecule has 4 heterocycles. The topological polar surface area (TPSA) is 102 Å². The number of pyridine rings is 1. The predicted molar refractivity (Wildman–Crippen MR) is 129 cm³/mol. The molecule has 0 aliphatic carbocycles. The van der Waals surface area contributed by atoms with Crippen molar-refractivity contribution < 1.29 is 18.8 Å². The fourth-order valence-corrected chi connectivity index (χ4v) is 4.94. The zero-order chi connectivity index (χ0) is 24.7. The third kappa shape index (κ3) is 4.38. The summed E-state index contributed by atoms with van der Waals surface area (Å²) in [6, 6.07) is 10.2. The summed E-state index contributed by atoms with van der Waals surface area (Å²) in [5.41, 5.74) is 6.70. The lowest BCUT2D eigenvalue weighted by atomic mass is 9.95. The van der Waals surface area contributed by atoms with Gasteiger partial charge < -0.3 is 20.1 Å². The van der Waals surface area contributed by atoms with E-state index in [-0.39, 0.29) is 11.8 Å². The first-order valence-electron chi connectivity index (χ1n) is 11.9. The molecule has 0 unspecified atom stereocenters. The number of carbonyl (C=O) groups is 3. The minimum Gasteiger partial charge on any atom is -0.368 e. The first-order chi connectivity index (χ1) is 16.7. The van der Waals surface area contributed by atoms with Gasteiger partial charge in [0.1, 0.15) is 17.4 Å². The van der Waals surface area contributed by atoms with Crippen molar-refractivity contribution in [2.24, 2.45) is 5.73 Å².